The molecular formula is C16H29N4O5P. The number of anilines is 1. The first-order valence-corrected chi connectivity index (χ1v) is 10.2. The van der Waals surface area contributed by atoms with Gasteiger partial charge < -0.3 is 20.3 Å². The zero-order valence-corrected chi connectivity index (χ0v) is 16.4. The van der Waals surface area contributed by atoms with Crippen LogP contribution in [0.1, 0.15) is 51.6 Å². The van der Waals surface area contributed by atoms with Crippen LogP contribution >= 0.6 is 7.82 Å². The Labute approximate surface area is 154 Å². The molecule has 148 valence electrons. The molecule has 0 aliphatic carbocycles. The molecule has 1 aliphatic rings. The molecule has 2 heterocycles. The second kappa shape index (κ2) is 11.4. The molecule has 10 heteroatoms. The average molecular weight is 388 g/mol. The Balaban J connectivity index is 0.000000273. The Morgan fingerprint density at radius 2 is 2.12 bits per heavy atom. The fourth-order valence-corrected chi connectivity index (χ4v) is 2.86. The van der Waals surface area contributed by atoms with Crippen molar-refractivity contribution >= 4 is 25.5 Å². The summed E-state index contributed by atoms with van der Waals surface area (Å²) in [4.78, 5) is 28.8. The van der Waals surface area contributed by atoms with Crippen LogP contribution in [0.3, 0.4) is 0 Å². The van der Waals surface area contributed by atoms with Gasteiger partial charge in [-0.1, -0.05) is 19.8 Å². The number of unbranched alkanes of at least 4 members (excludes halogenated alkanes) is 1. The van der Waals surface area contributed by atoms with Crippen molar-refractivity contribution in [2.24, 2.45) is 4.99 Å². The van der Waals surface area contributed by atoms with Gasteiger partial charge >= 0.3 is 7.82 Å². The predicted octanol–water partition coefficient (Wildman–Crippen LogP) is 2.92. The third-order valence-electron chi connectivity index (χ3n) is 3.80. The molecule has 1 aromatic rings. The quantitative estimate of drug-likeness (QED) is 0.478. The van der Waals surface area contributed by atoms with Gasteiger partial charge in [-0.15, -0.1) is 0 Å². The van der Waals surface area contributed by atoms with Crippen molar-refractivity contribution in [3.05, 3.63) is 12.0 Å². The van der Waals surface area contributed by atoms with Gasteiger partial charge in [0.25, 0.3) is 0 Å². The molecule has 0 saturated carbocycles. The van der Waals surface area contributed by atoms with E-state index in [9.17, 15) is 4.57 Å². The molecule has 1 aliphatic heterocycles. The fraction of sp³-hybridized carbons (Fsp3) is 0.688. The predicted molar refractivity (Wildman–Crippen MR) is 100 cm³/mol. The summed E-state index contributed by atoms with van der Waals surface area (Å²) in [5.74, 6) is 0.426. The van der Waals surface area contributed by atoms with Crippen molar-refractivity contribution in [3.8, 4) is 0 Å². The van der Waals surface area contributed by atoms with Crippen molar-refractivity contribution < 1.29 is 23.6 Å². The second-order valence-electron chi connectivity index (χ2n) is 5.97. The number of hydrogen-bond acceptors (Lipinski definition) is 7. The lowest BCUT2D eigenvalue weighted by molar-refractivity contribution is 0.00707. The molecule has 0 bridgehead atoms. The average Bonchev–Trinajstić information content (AvgIpc) is 3.03. The molecule has 0 amide bonds. The molecule has 0 unspecified atom stereocenters. The van der Waals surface area contributed by atoms with Gasteiger partial charge in [-0.05, 0) is 33.1 Å². The van der Waals surface area contributed by atoms with Crippen molar-refractivity contribution in [1.82, 2.24) is 9.97 Å². The molecule has 0 spiro atoms. The normalized spacial score (nSPS) is 20.2. The van der Waals surface area contributed by atoms with E-state index in [1.165, 1.54) is 6.33 Å². The number of nitrogen functional groups attached to an aromatic ring is 1. The summed E-state index contributed by atoms with van der Waals surface area (Å²) in [5, 5.41) is 0. The number of nitrogens with zero attached hydrogens (tertiary/aromatic N) is 3. The highest BCUT2D eigenvalue weighted by Crippen LogP contribution is 2.37. The number of hydrogen-bond donors (Lipinski definition) is 3. The summed E-state index contributed by atoms with van der Waals surface area (Å²) in [6, 6.07) is 0. The minimum Gasteiger partial charge on any atom is -0.382 e. The highest BCUT2D eigenvalue weighted by atomic mass is 31.2. The lowest BCUT2D eigenvalue weighted by Gasteiger charge is -2.13. The van der Waals surface area contributed by atoms with Crippen LogP contribution in [-0.4, -0.2) is 44.8 Å². The molecule has 0 aromatic carbocycles. The lowest BCUT2D eigenvalue weighted by Crippen LogP contribution is -2.16. The van der Waals surface area contributed by atoms with E-state index in [2.05, 4.69) is 26.4 Å². The first-order chi connectivity index (χ1) is 12.3. The number of aryl methyl sites for hydroxylation is 1. The van der Waals surface area contributed by atoms with Gasteiger partial charge in [0, 0.05) is 6.21 Å². The maximum Gasteiger partial charge on any atom is 0.469 e. The van der Waals surface area contributed by atoms with E-state index in [1.54, 1.807) is 6.21 Å². The van der Waals surface area contributed by atoms with Gasteiger partial charge in [-0.3, -0.25) is 9.52 Å². The van der Waals surface area contributed by atoms with Crippen molar-refractivity contribution in [3.63, 3.8) is 0 Å². The van der Waals surface area contributed by atoms with Gasteiger partial charge in [-0.25, -0.2) is 14.5 Å². The summed E-state index contributed by atoms with van der Waals surface area (Å²) < 4.78 is 20.5. The number of phosphoric acid groups is 1. The van der Waals surface area contributed by atoms with Gasteiger partial charge in [-0.2, -0.15) is 0 Å². The highest BCUT2D eigenvalue weighted by Gasteiger charge is 2.27. The topological polar surface area (TPSA) is 140 Å². The number of aromatic nitrogens is 2. The SMILES string of the molecule is CC=Nc1c(C)ncnc1N.CCCC[C@H]1CC[C@@H](COP(=O)(O)O)O1. The van der Waals surface area contributed by atoms with Crippen LogP contribution in [0.25, 0.3) is 0 Å². The van der Waals surface area contributed by atoms with Crippen LogP contribution in [0.15, 0.2) is 11.3 Å². The zero-order chi connectivity index (χ0) is 19.6. The molecular weight excluding hydrogens is 359 g/mol. The van der Waals surface area contributed by atoms with Gasteiger partial charge in [0.1, 0.15) is 12.0 Å². The van der Waals surface area contributed by atoms with E-state index in [0.717, 1.165) is 37.8 Å². The number of phosphoric ester groups is 1. The number of rotatable bonds is 7. The Morgan fingerprint density at radius 3 is 2.69 bits per heavy atom. The molecule has 1 saturated heterocycles. The van der Waals surface area contributed by atoms with Crippen LogP contribution in [0.2, 0.25) is 0 Å². The van der Waals surface area contributed by atoms with Crippen LogP contribution in [0.4, 0.5) is 11.5 Å². The number of aliphatic imine (C=N–C) groups is 1. The Hall–Kier alpha value is -1.38. The molecule has 0 radical (unpaired) electrons. The van der Waals surface area contributed by atoms with Gasteiger partial charge in [0.2, 0.25) is 0 Å². The molecule has 2 atom stereocenters. The zero-order valence-electron chi connectivity index (χ0n) is 15.5. The van der Waals surface area contributed by atoms with Crippen LogP contribution in [0.5, 0.6) is 0 Å². The Kier molecular flexibility index (Phi) is 9.90. The molecule has 9 nitrogen and oxygen atoms in total. The summed E-state index contributed by atoms with van der Waals surface area (Å²) in [6.45, 7) is 5.79. The van der Waals surface area contributed by atoms with Crippen molar-refractivity contribution in [2.75, 3.05) is 12.3 Å². The maximum atomic E-state index is 10.5. The smallest absolute Gasteiger partial charge is 0.382 e. The van der Waals surface area contributed by atoms with Crippen molar-refractivity contribution in [1.29, 1.82) is 0 Å². The van der Waals surface area contributed by atoms with Crippen LogP contribution in [0, 0.1) is 6.92 Å². The van der Waals surface area contributed by atoms with Crippen LogP contribution < -0.4 is 5.73 Å². The molecule has 2 rings (SSSR count). The monoisotopic (exact) mass is 388 g/mol. The summed E-state index contributed by atoms with van der Waals surface area (Å²) in [7, 11) is -4.34. The lowest BCUT2D eigenvalue weighted by atomic mass is 10.1. The Morgan fingerprint density at radius 1 is 1.42 bits per heavy atom. The van der Waals surface area contributed by atoms with Gasteiger partial charge in [0.15, 0.2) is 5.82 Å². The van der Waals surface area contributed by atoms with E-state index in [4.69, 9.17) is 20.3 Å². The highest BCUT2D eigenvalue weighted by molar-refractivity contribution is 7.46. The third kappa shape index (κ3) is 8.82. The minimum absolute atomic E-state index is 0.00704. The van der Waals surface area contributed by atoms with E-state index < -0.39 is 7.82 Å². The Bertz CT molecular complexity index is 602. The molecule has 26 heavy (non-hydrogen) atoms. The molecule has 1 aromatic heterocycles. The molecule has 4 N–H and O–H groups in total. The summed E-state index contributed by atoms with van der Waals surface area (Å²) in [5.41, 5.74) is 7.01. The second-order valence-corrected chi connectivity index (χ2v) is 7.21. The number of ether oxygens (including phenoxy) is 1. The maximum absolute atomic E-state index is 10.5. The van der Waals surface area contributed by atoms with E-state index >= 15 is 0 Å². The van der Waals surface area contributed by atoms with Gasteiger partial charge in [0.05, 0.1) is 24.5 Å². The third-order valence-corrected chi connectivity index (χ3v) is 4.28. The number of nitrogens with two attached hydrogens (primary N) is 1. The molecule has 1 fully saturated rings. The van der Waals surface area contributed by atoms with Crippen LogP contribution in [-0.2, 0) is 13.8 Å². The standard InChI is InChI=1S/C9H19O5P.C7H10N4/c1-2-3-4-8-5-6-9(14-8)7-13-15(10,11)12;1-3-9-6-5(2)10-4-11-7(6)8/h8-9H,2-7H2,1H3,(H2,10,11,12);3-4H,1-2H3,(H2,8,10,11)/t8-,9-;/m0./s1. The fourth-order valence-electron chi connectivity index (χ4n) is 2.50. The first-order valence-electron chi connectivity index (χ1n) is 8.68. The summed E-state index contributed by atoms with van der Waals surface area (Å²) >= 11 is 0. The summed E-state index contributed by atoms with van der Waals surface area (Å²) in [6.07, 6.45) is 8.29. The largest absolute Gasteiger partial charge is 0.469 e. The van der Waals surface area contributed by atoms with E-state index in [1.807, 2.05) is 13.8 Å². The van der Waals surface area contributed by atoms with E-state index in [0.29, 0.717) is 11.5 Å². The minimum atomic E-state index is -4.34. The van der Waals surface area contributed by atoms with Crippen molar-refractivity contribution in [2.45, 2.75) is 65.1 Å². The first kappa shape index (κ1) is 22.7. The van der Waals surface area contributed by atoms with E-state index in [-0.39, 0.29) is 18.8 Å².